The number of likely N-dealkylation sites (tertiary alicyclic amines) is 1. The Morgan fingerprint density at radius 3 is 2.24 bits per heavy atom. The predicted octanol–water partition coefficient (Wildman–Crippen LogP) is 3.36. The molecule has 1 aliphatic heterocycles. The van der Waals surface area contributed by atoms with E-state index in [1.54, 1.807) is 24.3 Å². The van der Waals surface area contributed by atoms with E-state index in [4.69, 9.17) is 0 Å². The Kier molecular flexibility index (Phi) is 5.80. The van der Waals surface area contributed by atoms with Gasteiger partial charge in [-0.2, -0.15) is 0 Å². The highest BCUT2D eigenvalue weighted by atomic mass is 16.2. The van der Waals surface area contributed by atoms with E-state index in [1.165, 1.54) is 6.42 Å². The van der Waals surface area contributed by atoms with E-state index >= 15 is 0 Å². The molecule has 0 aromatic heterocycles. The van der Waals surface area contributed by atoms with Gasteiger partial charge in [0.05, 0.1) is 6.54 Å². The van der Waals surface area contributed by atoms with Crippen molar-refractivity contribution in [2.75, 3.05) is 30.3 Å². The Hall–Kier alpha value is -2.66. The molecule has 0 spiro atoms. The zero-order valence-corrected chi connectivity index (χ0v) is 14.2. The van der Waals surface area contributed by atoms with Gasteiger partial charge in [0, 0.05) is 16.9 Å². The monoisotopic (exact) mass is 337 g/mol. The van der Waals surface area contributed by atoms with Crippen LogP contribution in [0.2, 0.25) is 0 Å². The van der Waals surface area contributed by atoms with Crippen LogP contribution in [-0.4, -0.2) is 36.3 Å². The Morgan fingerprint density at radius 1 is 0.840 bits per heavy atom. The van der Waals surface area contributed by atoms with E-state index < -0.39 is 0 Å². The molecule has 2 N–H and O–H groups in total. The van der Waals surface area contributed by atoms with Crippen molar-refractivity contribution in [1.82, 2.24) is 4.90 Å². The van der Waals surface area contributed by atoms with Crippen molar-refractivity contribution in [3.05, 3.63) is 60.2 Å². The van der Waals surface area contributed by atoms with Crippen LogP contribution >= 0.6 is 0 Å². The highest BCUT2D eigenvalue weighted by Crippen LogP contribution is 2.16. The Labute approximate surface area is 148 Å². The summed E-state index contributed by atoms with van der Waals surface area (Å²) in [7, 11) is 0. The van der Waals surface area contributed by atoms with E-state index in [0.717, 1.165) is 25.9 Å². The van der Waals surface area contributed by atoms with Crippen LogP contribution in [0, 0.1) is 0 Å². The highest BCUT2D eigenvalue weighted by molar-refractivity contribution is 6.04. The SMILES string of the molecule is O=C(CN1CCCCC1)Nc1cccc(NC(=O)c2ccccc2)c1. The van der Waals surface area contributed by atoms with E-state index in [-0.39, 0.29) is 11.8 Å². The largest absolute Gasteiger partial charge is 0.325 e. The molecule has 3 rings (SSSR count). The molecule has 0 aliphatic carbocycles. The lowest BCUT2D eigenvalue weighted by atomic mass is 10.1. The van der Waals surface area contributed by atoms with Crippen LogP contribution in [0.15, 0.2) is 54.6 Å². The number of hydrogen-bond acceptors (Lipinski definition) is 3. The van der Waals surface area contributed by atoms with Crippen molar-refractivity contribution in [2.24, 2.45) is 0 Å². The average molecular weight is 337 g/mol. The molecular weight excluding hydrogens is 314 g/mol. The molecule has 2 aromatic carbocycles. The van der Waals surface area contributed by atoms with Gasteiger partial charge in [-0.05, 0) is 56.3 Å². The van der Waals surface area contributed by atoms with Crippen LogP contribution in [0.5, 0.6) is 0 Å². The number of carbonyl (C=O) groups excluding carboxylic acids is 2. The molecule has 0 unspecified atom stereocenters. The summed E-state index contributed by atoms with van der Waals surface area (Å²) in [6.45, 7) is 2.39. The lowest BCUT2D eigenvalue weighted by Crippen LogP contribution is -2.36. The second kappa shape index (κ2) is 8.44. The van der Waals surface area contributed by atoms with E-state index in [9.17, 15) is 9.59 Å². The van der Waals surface area contributed by atoms with Gasteiger partial charge in [0.1, 0.15) is 0 Å². The molecule has 130 valence electrons. The van der Waals surface area contributed by atoms with Crippen molar-refractivity contribution in [1.29, 1.82) is 0 Å². The first kappa shape index (κ1) is 17.2. The standard InChI is InChI=1S/C20H23N3O2/c24-19(15-23-12-5-2-6-13-23)21-17-10-7-11-18(14-17)22-20(25)16-8-3-1-4-9-16/h1,3-4,7-11,14H,2,5-6,12-13,15H2,(H,21,24)(H,22,25). The van der Waals surface area contributed by atoms with Crippen molar-refractivity contribution >= 4 is 23.2 Å². The highest BCUT2D eigenvalue weighted by Gasteiger charge is 2.14. The van der Waals surface area contributed by atoms with Crippen LogP contribution in [0.4, 0.5) is 11.4 Å². The van der Waals surface area contributed by atoms with Gasteiger partial charge in [0.2, 0.25) is 5.91 Å². The minimum Gasteiger partial charge on any atom is -0.325 e. The summed E-state index contributed by atoms with van der Waals surface area (Å²) in [6, 6.07) is 16.3. The maximum atomic E-state index is 12.2. The first-order valence-corrected chi connectivity index (χ1v) is 8.69. The summed E-state index contributed by atoms with van der Waals surface area (Å²) in [5.41, 5.74) is 1.94. The molecule has 0 radical (unpaired) electrons. The summed E-state index contributed by atoms with van der Waals surface area (Å²) >= 11 is 0. The first-order valence-electron chi connectivity index (χ1n) is 8.69. The molecule has 0 bridgehead atoms. The van der Waals surface area contributed by atoms with Gasteiger partial charge in [0.15, 0.2) is 0 Å². The van der Waals surface area contributed by atoms with E-state index in [0.29, 0.717) is 23.5 Å². The number of hydrogen-bond donors (Lipinski definition) is 2. The van der Waals surface area contributed by atoms with Gasteiger partial charge >= 0.3 is 0 Å². The zero-order chi connectivity index (χ0) is 17.5. The van der Waals surface area contributed by atoms with Crippen LogP contribution in [0.1, 0.15) is 29.6 Å². The summed E-state index contributed by atoms with van der Waals surface area (Å²) in [5.74, 6) is -0.189. The molecule has 5 nitrogen and oxygen atoms in total. The fourth-order valence-corrected chi connectivity index (χ4v) is 2.99. The van der Waals surface area contributed by atoms with Crippen LogP contribution in [-0.2, 0) is 4.79 Å². The Bertz CT molecular complexity index is 725. The number of nitrogens with zero attached hydrogens (tertiary/aromatic N) is 1. The molecule has 2 amide bonds. The van der Waals surface area contributed by atoms with Gasteiger partial charge in [-0.15, -0.1) is 0 Å². The fourth-order valence-electron chi connectivity index (χ4n) is 2.99. The van der Waals surface area contributed by atoms with Gasteiger partial charge in [0.25, 0.3) is 5.91 Å². The molecule has 1 saturated heterocycles. The smallest absolute Gasteiger partial charge is 0.255 e. The quantitative estimate of drug-likeness (QED) is 0.879. The fraction of sp³-hybridized carbons (Fsp3) is 0.300. The predicted molar refractivity (Wildman–Crippen MR) is 99.8 cm³/mol. The molecule has 1 fully saturated rings. The van der Waals surface area contributed by atoms with Gasteiger partial charge in [-0.3, -0.25) is 14.5 Å². The lowest BCUT2D eigenvalue weighted by Gasteiger charge is -2.25. The van der Waals surface area contributed by atoms with E-state index in [2.05, 4.69) is 15.5 Å². The topological polar surface area (TPSA) is 61.4 Å². The van der Waals surface area contributed by atoms with Crippen molar-refractivity contribution in [3.8, 4) is 0 Å². The third-order valence-electron chi connectivity index (χ3n) is 4.26. The molecule has 2 aromatic rings. The third kappa shape index (κ3) is 5.16. The molecule has 0 saturated carbocycles. The van der Waals surface area contributed by atoms with Crippen LogP contribution in [0.3, 0.4) is 0 Å². The maximum Gasteiger partial charge on any atom is 0.255 e. The summed E-state index contributed by atoms with van der Waals surface area (Å²) < 4.78 is 0. The van der Waals surface area contributed by atoms with Crippen molar-refractivity contribution in [3.63, 3.8) is 0 Å². The van der Waals surface area contributed by atoms with Gasteiger partial charge in [-0.25, -0.2) is 0 Å². The lowest BCUT2D eigenvalue weighted by molar-refractivity contribution is -0.117. The third-order valence-corrected chi connectivity index (χ3v) is 4.26. The van der Waals surface area contributed by atoms with Gasteiger partial charge in [-0.1, -0.05) is 30.7 Å². The number of carbonyl (C=O) groups is 2. The summed E-state index contributed by atoms with van der Waals surface area (Å²) in [6.07, 6.45) is 3.57. The number of amides is 2. The van der Waals surface area contributed by atoms with Gasteiger partial charge < -0.3 is 10.6 Å². The summed E-state index contributed by atoms with van der Waals surface area (Å²) in [4.78, 5) is 26.6. The second-order valence-corrected chi connectivity index (χ2v) is 6.29. The number of benzene rings is 2. The maximum absolute atomic E-state index is 12.2. The normalized spacial score (nSPS) is 14.7. The Balaban J connectivity index is 1.57. The number of piperidine rings is 1. The average Bonchev–Trinajstić information content (AvgIpc) is 2.63. The minimum atomic E-state index is -0.169. The molecule has 5 heteroatoms. The van der Waals surface area contributed by atoms with Crippen molar-refractivity contribution < 1.29 is 9.59 Å². The molecule has 0 atom stereocenters. The molecule has 25 heavy (non-hydrogen) atoms. The number of rotatable bonds is 5. The zero-order valence-electron chi connectivity index (χ0n) is 14.2. The first-order chi connectivity index (χ1) is 12.2. The number of anilines is 2. The molecule has 1 heterocycles. The van der Waals surface area contributed by atoms with E-state index in [1.807, 2.05) is 30.3 Å². The summed E-state index contributed by atoms with van der Waals surface area (Å²) in [5, 5.41) is 5.76. The molecule has 1 aliphatic rings. The Morgan fingerprint density at radius 2 is 1.52 bits per heavy atom. The second-order valence-electron chi connectivity index (χ2n) is 6.29. The van der Waals surface area contributed by atoms with Crippen LogP contribution in [0.25, 0.3) is 0 Å². The molecular formula is C20H23N3O2. The van der Waals surface area contributed by atoms with Crippen molar-refractivity contribution in [2.45, 2.75) is 19.3 Å². The number of nitrogens with one attached hydrogen (secondary N) is 2. The van der Waals surface area contributed by atoms with Crippen LogP contribution < -0.4 is 10.6 Å². The minimum absolute atomic E-state index is 0.0200.